The molecular formula is C7H15NO. The van der Waals surface area contributed by atoms with Gasteiger partial charge in [0.05, 0.1) is 5.60 Å². The van der Waals surface area contributed by atoms with E-state index < -0.39 is 5.60 Å². The minimum Gasteiger partial charge on any atom is -0.390 e. The lowest BCUT2D eigenvalue weighted by atomic mass is 9.84. The van der Waals surface area contributed by atoms with Crippen LogP contribution in [-0.4, -0.2) is 16.7 Å². The Morgan fingerprint density at radius 2 is 1.89 bits per heavy atom. The van der Waals surface area contributed by atoms with E-state index in [1.54, 1.807) is 0 Å². The lowest BCUT2D eigenvalue weighted by Crippen LogP contribution is -2.36. The second-order valence-electron chi connectivity index (χ2n) is 3.33. The Hall–Kier alpha value is -0.0800. The molecule has 0 unspecified atom stereocenters. The van der Waals surface area contributed by atoms with Crippen LogP contribution >= 0.6 is 0 Å². The normalized spacial score (nSPS) is 45.0. The largest absolute Gasteiger partial charge is 0.390 e. The molecule has 0 aromatic carbocycles. The van der Waals surface area contributed by atoms with E-state index in [0.717, 1.165) is 25.7 Å². The van der Waals surface area contributed by atoms with Gasteiger partial charge < -0.3 is 10.8 Å². The second kappa shape index (κ2) is 2.27. The maximum atomic E-state index is 9.44. The third-order valence-electron chi connectivity index (χ3n) is 2.11. The summed E-state index contributed by atoms with van der Waals surface area (Å²) in [5.74, 6) is 0. The molecule has 0 aromatic rings. The second-order valence-corrected chi connectivity index (χ2v) is 3.33. The third-order valence-corrected chi connectivity index (χ3v) is 2.11. The van der Waals surface area contributed by atoms with Gasteiger partial charge in [-0.05, 0) is 32.6 Å². The highest BCUT2D eigenvalue weighted by atomic mass is 16.3. The molecule has 54 valence electrons. The first kappa shape index (κ1) is 7.03. The molecule has 0 atom stereocenters. The van der Waals surface area contributed by atoms with Gasteiger partial charge in [0.1, 0.15) is 0 Å². The van der Waals surface area contributed by atoms with Crippen LogP contribution in [0.1, 0.15) is 32.6 Å². The van der Waals surface area contributed by atoms with Crippen LogP contribution in [0.3, 0.4) is 0 Å². The molecule has 9 heavy (non-hydrogen) atoms. The van der Waals surface area contributed by atoms with Crippen molar-refractivity contribution in [1.82, 2.24) is 0 Å². The highest BCUT2D eigenvalue weighted by molar-refractivity contribution is 4.82. The Morgan fingerprint density at radius 3 is 2.22 bits per heavy atom. The zero-order valence-electron chi connectivity index (χ0n) is 5.93. The van der Waals surface area contributed by atoms with E-state index in [0.29, 0.717) is 6.04 Å². The molecule has 1 rings (SSSR count). The van der Waals surface area contributed by atoms with Crippen LogP contribution in [0.5, 0.6) is 0 Å². The molecular weight excluding hydrogens is 114 g/mol. The van der Waals surface area contributed by atoms with E-state index in [9.17, 15) is 5.11 Å². The fourth-order valence-electron chi connectivity index (χ4n) is 1.26. The van der Waals surface area contributed by atoms with Gasteiger partial charge in [0.25, 0.3) is 0 Å². The van der Waals surface area contributed by atoms with Gasteiger partial charge in [-0.25, -0.2) is 0 Å². The van der Waals surface area contributed by atoms with E-state index in [1.165, 1.54) is 0 Å². The van der Waals surface area contributed by atoms with Gasteiger partial charge >= 0.3 is 0 Å². The average Bonchev–Trinajstić information content (AvgIpc) is 1.78. The summed E-state index contributed by atoms with van der Waals surface area (Å²) < 4.78 is 0. The van der Waals surface area contributed by atoms with Crippen molar-refractivity contribution in [3.63, 3.8) is 0 Å². The molecule has 0 spiro atoms. The van der Waals surface area contributed by atoms with Crippen molar-refractivity contribution >= 4 is 0 Å². The summed E-state index contributed by atoms with van der Waals surface area (Å²) >= 11 is 0. The Bertz CT molecular complexity index is 91.1. The molecule has 1 aliphatic carbocycles. The van der Waals surface area contributed by atoms with Gasteiger partial charge in [0.15, 0.2) is 0 Å². The molecule has 0 radical (unpaired) electrons. The van der Waals surface area contributed by atoms with Crippen LogP contribution in [0.4, 0.5) is 0 Å². The molecule has 3 N–H and O–H groups in total. The number of rotatable bonds is 0. The predicted molar refractivity (Wildman–Crippen MR) is 37.1 cm³/mol. The van der Waals surface area contributed by atoms with Gasteiger partial charge in [-0.2, -0.15) is 0 Å². The fourth-order valence-corrected chi connectivity index (χ4v) is 1.26. The lowest BCUT2D eigenvalue weighted by molar-refractivity contribution is 0.0178. The van der Waals surface area contributed by atoms with Gasteiger partial charge in [-0.1, -0.05) is 0 Å². The lowest BCUT2D eigenvalue weighted by Gasteiger charge is -2.30. The van der Waals surface area contributed by atoms with Crippen LogP contribution < -0.4 is 5.73 Å². The van der Waals surface area contributed by atoms with E-state index in [-0.39, 0.29) is 0 Å². The Morgan fingerprint density at radius 1 is 1.44 bits per heavy atom. The molecule has 0 amide bonds. The smallest absolute Gasteiger partial charge is 0.0621 e. The van der Waals surface area contributed by atoms with Crippen molar-refractivity contribution in [2.24, 2.45) is 5.73 Å². The molecule has 0 heterocycles. The predicted octanol–water partition coefficient (Wildman–Crippen LogP) is 0.639. The van der Waals surface area contributed by atoms with Crippen molar-refractivity contribution in [2.75, 3.05) is 0 Å². The molecule has 0 bridgehead atoms. The summed E-state index contributed by atoms with van der Waals surface area (Å²) in [7, 11) is 0. The van der Waals surface area contributed by atoms with E-state index >= 15 is 0 Å². The summed E-state index contributed by atoms with van der Waals surface area (Å²) in [5.41, 5.74) is 5.22. The maximum Gasteiger partial charge on any atom is 0.0621 e. The quantitative estimate of drug-likeness (QED) is 0.504. The van der Waals surface area contributed by atoms with Gasteiger partial charge in [0, 0.05) is 6.04 Å². The molecule has 0 aromatic heterocycles. The highest BCUT2D eigenvalue weighted by Gasteiger charge is 2.26. The summed E-state index contributed by atoms with van der Waals surface area (Å²) in [6.07, 6.45) is 3.70. The summed E-state index contributed by atoms with van der Waals surface area (Å²) in [5, 5.41) is 9.44. The third kappa shape index (κ3) is 1.95. The van der Waals surface area contributed by atoms with Crippen LogP contribution in [0, 0.1) is 0 Å². The summed E-state index contributed by atoms with van der Waals surface area (Å²) in [4.78, 5) is 0. The average molecular weight is 129 g/mol. The van der Waals surface area contributed by atoms with Crippen LogP contribution in [0.15, 0.2) is 0 Å². The fraction of sp³-hybridized carbons (Fsp3) is 1.00. The monoisotopic (exact) mass is 129 g/mol. The van der Waals surface area contributed by atoms with E-state index in [2.05, 4.69) is 0 Å². The molecule has 2 heteroatoms. The Balaban J connectivity index is 2.35. The zero-order chi connectivity index (χ0) is 6.91. The first-order valence-electron chi connectivity index (χ1n) is 3.58. The number of aliphatic hydroxyl groups is 1. The molecule has 0 saturated heterocycles. The van der Waals surface area contributed by atoms with Crippen molar-refractivity contribution in [3.8, 4) is 0 Å². The van der Waals surface area contributed by atoms with Crippen molar-refractivity contribution in [1.29, 1.82) is 0 Å². The Kier molecular flexibility index (Phi) is 1.78. The Labute approximate surface area is 56.1 Å². The SMILES string of the molecule is C[C@]1(O)CC[C@H](N)CC1. The van der Waals surface area contributed by atoms with Crippen molar-refractivity contribution in [2.45, 2.75) is 44.2 Å². The highest BCUT2D eigenvalue weighted by Crippen LogP contribution is 2.26. The summed E-state index contributed by atoms with van der Waals surface area (Å²) in [6, 6.07) is 0.338. The molecule has 0 aliphatic heterocycles. The van der Waals surface area contributed by atoms with Gasteiger partial charge in [-0.3, -0.25) is 0 Å². The van der Waals surface area contributed by atoms with Gasteiger partial charge in [-0.15, -0.1) is 0 Å². The molecule has 1 fully saturated rings. The van der Waals surface area contributed by atoms with Crippen LogP contribution in [-0.2, 0) is 0 Å². The first-order chi connectivity index (χ1) is 4.10. The van der Waals surface area contributed by atoms with Crippen LogP contribution in [0.2, 0.25) is 0 Å². The maximum absolute atomic E-state index is 9.44. The van der Waals surface area contributed by atoms with E-state index in [1.807, 2.05) is 6.92 Å². The first-order valence-corrected chi connectivity index (χ1v) is 3.58. The molecule has 1 saturated carbocycles. The minimum atomic E-state index is -0.421. The minimum absolute atomic E-state index is 0.338. The van der Waals surface area contributed by atoms with Crippen LogP contribution in [0.25, 0.3) is 0 Å². The van der Waals surface area contributed by atoms with Gasteiger partial charge in [0.2, 0.25) is 0 Å². The number of nitrogens with two attached hydrogens (primary N) is 1. The molecule has 2 nitrogen and oxygen atoms in total. The topological polar surface area (TPSA) is 46.2 Å². The van der Waals surface area contributed by atoms with E-state index in [4.69, 9.17) is 5.73 Å². The van der Waals surface area contributed by atoms with Crippen molar-refractivity contribution in [3.05, 3.63) is 0 Å². The zero-order valence-corrected chi connectivity index (χ0v) is 5.93. The number of hydrogen-bond acceptors (Lipinski definition) is 2. The standard InChI is InChI=1S/C7H15NO/c1-7(9)4-2-6(8)3-5-7/h6,9H,2-5,8H2,1H3/t6-,7-. The summed E-state index contributed by atoms with van der Waals surface area (Å²) in [6.45, 7) is 1.89. The number of hydrogen-bond donors (Lipinski definition) is 2. The molecule has 1 aliphatic rings. The van der Waals surface area contributed by atoms with Crippen molar-refractivity contribution < 1.29 is 5.11 Å².